The number of benzene rings is 1. The standard InChI is InChI=1S/C20H26N6O2/c1-12-9-15-16(10-13(12)2)26(8-7-25-5-3-14(11-21)4-6-25)18-17(22-15)19(27)24-20(28)23-18/h9-10,14H,3-8,11,21H2,1-2H3,(H,24,27,28). The summed E-state index contributed by atoms with van der Waals surface area (Å²) in [4.78, 5) is 37.4. The number of aryl methyl sites for hydroxylation is 2. The van der Waals surface area contributed by atoms with E-state index < -0.39 is 11.2 Å². The molecule has 1 aromatic carbocycles. The Kier molecular flexibility index (Phi) is 4.99. The van der Waals surface area contributed by atoms with Crippen LogP contribution >= 0.6 is 0 Å². The lowest BCUT2D eigenvalue weighted by Crippen LogP contribution is -2.38. The van der Waals surface area contributed by atoms with Crippen molar-refractivity contribution in [2.24, 2.45) is 11.7 Å². The molecule has 4 rings (SSSR count). The van der Waals surface area contributed by atoms with Crippen LogP contribution in [0.1, 0.15) is 24.0 Å². The van der Waals surface area contributed by atoms with Gasteiger partial charge in [0.2, 0.25) is 0 Å². The molecule has 0 amide bonds. The summed E-state index contributed by atoms with van der Waals surface area (Å²) < 4.78 is 1.97. The van der Waals surface area contributed by atoms with Crippen LogP contribution in [0.5, 0.6) is 0 Å². The highest BCUT2D eigenvalue weighted by Crippen LogP contribution is 2.24. The predicted molar refractivity (Wildman–Crippen MR) is 109 cm³/mol. The summed E-state index contributed by atoms with van der Waals surface area (Å²) in [6, 6.07) is 4.04. The molecule has 0 atom stereocenters. The van der Waals surface area contributed by atoms with Gasteiger partial charge in [0.1, 0.15) is 0 Å². The molecule has 8 nitrogen and oxygen atoms in total. The molecular formula is C20H26N6O2. The van der Waals surface area contributed by atoms with Gasteiger partial charge in [-0.15, -0.1) is 0 Å². The highest BCUT2D eigenvalue weighted by Gasteiger charge is 2.21. The maximum atomic E-state index is 12.3. The summed E-state index contributed by atoms with van der Waals surface area (Å²) in [5.74, 6) is 0.960. The number of hydrogen-bond donors (Lipinski definition) is 2. The quantitative estimate of drug-likeness (QED) is 0.648. The summed E-state index contributed by atoms with van der Waals surface area (Å²) in [6.07, 6.45) is 2.22. The van der Waals surface area contributed by atoms with Crippen molar-refractivity contribution >= 4 is 11.0 Å². The van der Waals surface area contributed by atoms with Crippen LogP contribution in [0, 0.1) is 19.8 Å². The number of hydrogen-bond acceptors (Lipinski definition) is 6. The zero-order valence-electron chi connectivity index (χ0n) is 16.4. The van der Waals surface area contributed by atoms with Crippen molar-refractivity contribution in [2.45, 2.75) is 33.2 Å². The molecule has 0 aromatic heterocycles. The molecule has 3 N–H and O–H groups in total. The lowest BCUT2D eigenvalue weighted by Gasteiger charge is -2.31. The van der Waals surface area contributed by atoms with Gasteiger partial charge in [0, 0.05) is 13.1 Å². The average Bonchev–Trinajstić information content (AvgIpc) is 2.67. The summed E-state index contributed by atoms with van der Waals surface area (Å²) in [6.45, 7) is 8.32. The first-order chi connectivity index (χ1) is 13.5. The Balaban J connectivity index is 1.77. The molecule has 0 radical (unpaired) electrons. The molecule has 3 aliphatic heterocycles. The van der Waals surface area contributed by atoms with E-state index in [1.165, 1.54) is 0 Å². The van der Waals surface area contributed by atoms with Crippen molar-refractivity contribution in [1.29, 1.82) is 0 Å². The van der Waals surface area contributed by atoms with Crippen LogP contribution in [-0.2, 0) is 6.54 Å². The van der Waals surface area contributed by atoms with E-state index in [0.29, 0.717) is 18.3 Å². The number of nitrogens with one attached hydrogen (secondary N) is 1. The summed E-state index contributed by atoms with van der Waals surface area (Å²) >= 11 is 0. The van der Waals surface area contributed by atoms with E-state index >= 15 is 0 Å². The van der Waals surface area contributed by atoms with Crippen LogP contribution in [0.3, 0.4) is 0 Å². The number of aromatic nitrogens is 4. The van der Waals surface area contributed by atoms with Gasteiger partial charge < -0.3 is 15.2 Å². The van der Waals surface area contributed by atoms with Crippen molar-refractivity contribution in [3.63, 3.8) is 0 Å². The van der Waals surface area contributed by atoms with Crippen LogP contribution in [0.2, 0.25) is 0 Å². The van der Waals surface area contributed by atoms with Gasteiger partial charge in [-0.1, -0.05) is 0 Å². The Hall–Kier alpha value is -2.58. The van der Waals surface area contributed by atoms with Gasteiger partial charge in [-0.25, -0.2) is 9.78 Å². The third-order valence-corrected chi connectivity index (χ3v) is 5.90. The van der Waals surface area contributed by atoms with E-state index in [1.807, 2.05) is 24.5 Å². The summed E-state index contributed by atoms with van der Waals surface area (Å²) in [5.41, 5.74) is 8.75. The van der Waals surface area contributed by atoms with E-state index in [9.17, 15) is 9.59 Å². The number of nitrogens with zero attached hydrogens (tertiary/aromatic N) is 4. The van der Waals surface area contributed by atoms with Crippen LogP contribution in [0.15, 0.2) is 21.7 Å². The first-order valence-corrected chi connectivity index (χ1v) is 9.80. The third kappa shape index (κ3) is 3.45. The van der Waals surface area contributed by atoms with Gasteiger partial charge in [-0.05, 0) is 75.5 Å². The molecule has 1 aromatic rings. The molecule has 0 saturated carbocycles. The molecule has 1 fully saturated rings. The fourth-order valence-corrected chi connectivity index (χ4v) is 3.96. The lowest BCUT2D eigenvalue weighted by atomic mass is 9.97. The van der Waals surface area contributed by atoms with Gasteiger partial charge in [0.05, 0.1) is 11.0 Å². The van der Waals surface area contributed by atoms with Gasteiger partial charge in [0.15, 0.2) is 11.5 Å². The maximum absolute atomic E-state index is 12.3. The molecule has 3 heterocycles. The van der Waals surface area contributed by atoms with Crippen molar-refractivity contribution in [1.82, 2.24) is 24.4 Å². The largest absolute Gasteiger partial charge is 0.349 e. The second-order valence-electron chi connectivity index (χ2n) is 7.75. The van der Waals surface area contributed by atoms with Crippen molar-refractivity contribution in [3.8, 4) is 11.5 Å². The fraction of sp³-hybridized carbons (Fsp3) is 0.500. The fourth-order valence-electron chi connectivity index (χ4n) is 3.96. The topological polar surface area (TPSA) is 110 Å². The van der Waals surface area contributed by atoms with Crippen LogP contribution in [0.4, 0.5) is 0 Å². The molecule has 0 aliphatic carbocycles. The van der Waals surface area contributed by atoms with Crippen molar-refractivity contribution in [2.75, 3.05) is 26.2 Å². The van der Waals surface area contributed by atoms with Gasteiger partial charge in [0.25, 0.3) is 5.56 Å². The zero-order valence-corrected chi connectivity index (χ0v) is 16.4. The Bertz CT molecular complexity index is 1090. The highest BCUT2D eigenvalue weighted by molar-refractivity contribution is 5.81. The minimum absolute atomic E-state index is 0.206. The Morgan fingerprint density at radius 2 is 1.82 bits per heavy atom. The Labute approximate surface area is 162 Å². The number of nitrogens with two attached hydrogens (primary N) is 1. The third-order valence-electron chi connectivity index (χ3n) is 5.90. The minimum Gasteiger partial charge on any atom is -0.330 e. The first-order valence-electron chi connectivity index (χ1n) is 9.80. The number of fused-ring (bicyclic) bond motifs is 2. The van der Waals surface area contributed by atoms with E-state index in [2.05, 4.69) is 25.9 Å². The second kappa shape index (κ2) is 7.44. The predicted octanol–water partition coefficient (Wildman–Crippen LogP) is 0.872. The molecule has 0 unspecified atom stereocenters. The molecule has 3 aliphatic rings. The summed E-state index contributed by atoms with van der Waals surface area (Å²) in [5, 5.41) is 0. The van der Waals surface area contributed by atoms with E-state index in [0.717, 1.165) is 61.2 Å². The number of H-pyrrole nitrogens is 1. The normalized spacial score (nSPS) is 16.2. The minimum atomic E-state index is -0.639. The Morgan fingerprint density at radius 1 is 1.11 bits per heavy atom. The van der Waals surface area contributed by atoms with Crippen LogP contribution in [-0.4, -0.2) is 50.6 Å². The number of rotatable bonds is 4. The first kappa shape index (κ1) is 18.8. The summed E-state index contributed by atoms with van der Waals surface area (Å²) in [7, 11) is 0. The smallest absolute Gasteiger partial charge is 0.330 e. The molecule has 1 saturated heterocycles. The van der Waals surface area contributed by atoms with E-state index in [4.69, 9.17) is 5.73 Å². The molecule has 8 heteroatoms. The zero-order chi connectivity index (χ0) is 19.8. The van der Waals surface area contributed by atoms with Gasteiger partial charge >= 0.3 is 5.69 Å². The maximum Gasteiger partial charge on any atom is 0.349 e. The van der Waals surface area contributed by atoms with E-state index in [1.54, 1.807) is 0 Å². The average molecular weight is 382 g/mol. The molecule has 148 valence electrons. The van der Waals surface area contributed by atoms with Gasteiger partial charge in [-0.2, -0.15) is 4.98 Å². The Morgan fingerprint density at radius 3 is 2.54 bits per heavy atom. The van der Waals surface area contributed by atoms with Gasteiger partial charge in [-0.3, -0.25) is 9.78 Å². The lowest BCUT2D eigenvalue weighted by molar-refractivity contribution is 0.182. The SMILES string of the molecule is Cc1cc2nc3c(=O)[nH]c(=O)nc-3n(CCN3CCC(CN)CC3)c2cc1C. The van der Waals surface area contributed by atoms with Crippen LogP contribution < -0.4 is 17.0 Å². The number of aromatic amines is 1. The number of likely N-dealkylation sites (tertiary alicyclic amines) is 1. The molecular weight excluding hydrogens is 356 g/mol. The van der Waals surface area contributed by atoms with Crippen molar-refractivity contribution in [3.05, 3.63) is 44.1 Å². The highest BCUT2D eigenvalue weighted by atomic mass is 16.2. The van der Waals surface area contributed by atoms with Crippen LogP contribution in [0.25, 0.3) is 22.6 Å². The monoisotopic (exact) mass is 382 g/mol. The molecule has 28 heavy (non-hydrogen) atoms. The molecule has 0 spiro atoms. The number of piperidine rings is 1. The molecule has 0 bridgehead atoms. The van der Waals surface area contributed by atoms with E-state index in [-0.39, 0.29) is 5.69 Å². The second-order valence-corrected chi connectivity index (χ2v) is 7.75. The van der Waals surface area contributed by atoms with Crippen molar-refractivity contribution < 1.29 is 0 Å².